The van der Waals surface area contributed by atoms with Crippen LogP contribution in [0.3, 0.4) is 0 Å². The topological polar surface area (TPSA) is 167 Å². The molecule has 0 bridgehead atoms. The van der Waals surface area contributed by atoms with Crippen LogP contribution in [0, 0.1) is 10.1 Å². The van der Waals surface area contributed by atoms with Gasteiger partial charge < -0.3 is 19.9 Å². The van der Waals surface area contributed by atoms with E-state index in [9.17, 15) is 19.7 Å². The molecule has 168 valence electrons. The molecule has 1 aromatic carbocycles. The van der Waals surface area contributed by atoms with Gasteiger partial charge in [-0.2, -0.15) is 10.1 Å². The number of carbonyl (C=O) groups is 2. The molecule has 0 atom stereocenters. The Morgan fingerprint density at radius 3 is 2.66 bits per heavy atom. The second-order valence-corrected chi connectivity index (χ2v) is 6.62. The number of aromatic nitrogens is 4. The van der Waals surface area contributed by atoms with Crippen LogP contribution in [0.2, 0.25) is 0 Å². The van der Waals surface area contributed by atoms with Crippen LogP contribution >= 0.6 is 0 Å². The molecular weight excluding hydrogens is 422 g/mol. The summed E-state index contributed by atoms with van der Waals surface area (Å²) in [5, 5.41) is 23.4. The number of nitrogens with zero attached hydrogens (tertiary/aromatic N) is 5. The SMILES string of the molecule is COc1ccc(CCC(=O)NCCNC(=O)c2nc(Cn3cc([N+](=O)[O-])cn3)no2)cc1. The zero-order valence-electron chi connectivity index (χ0n) is 17.2. The molecule has 2 N–H and O–H groups in total. The van der Waals surface area contributed by atoms with Crippen LogP contribution in [0.5, 0.6) is 5.75 Å². The summed E-state index contributed by atoms with van der Waals surface area (Å²) in [6, 6.07) is 7.48. The Balaban J connectivity index is 1.35. The monoisotopic (exact) mass is 443 g/mol. The fourth-order valence-corrected chi connectivity index (χ4v) is 2.68. The van der Waals surface area contributed by atoms with Crippen molar-refractivity contribution in [2.24, 2.45) is 0 Å². The minimum Gasteiger partial charge on any atom is -0.497 e. The highest BCUT2D eigenvalue weighted by molar-refractivity contribution is 5.89. The first-order valence-corrected chi connectivity index (χ1v) is 9.62. The minimum atomic E-state index is -0.595. The number of ether oxygens (including phenoxy) is 1. The number of nitrogens with one attached hydrogen (secondary N) is 2. The van der Waals surface area contributed by atoms with Crippen LogP contribution in [0.4, 0.5) is 5.69 Å². The van der Waals surface area contributed by atoms with Gasteiger partial charge in [0.25, 0.3) is 0 Å². The Hall–Kier alpha value is -4.29. The van der Waals surface area contributed by atoms with E-state index >= 15 is 0 Å². The smallest absolute Gasteiger partial charge is 0.316 e. The fraction of sp³-hybridized carbons (Fsp3) is 0.316. The molecule has 3 aromatic rings. The molecule has 32 heavy (non-hydrogen) atoms. The van der Waals surface area contributed by atoms with Gasteiger partial charge in [-0.05, 0) is 24.1 Å². The predicted octanol–water partition coefficient (Wildman–Crippen LogP) is 0.710. The molecular formula is C19H21N7O6. The second-order valence-electron chi connectivity index (χ2n) is 6.62. The minimum absolute atomic E-state index is 0.00880. The lowest BCUT2D eigenvalue weighted by atomic mass is 10.1. The summed E-state index contributed by atoms with van der Waals surface area (Å²) < 4.78 is 11.2. The van der Waals surface area contributed by atoms with Crippen molar-refractivity contribution in [1.82, 2.24) is 30.6 Å². The number of nitro groups is 1. The van der Waals surface area contributed by atoms with Gasteiger partial charge >= 0.3 is 17.5 Å². The molecule has 3 rings (SSSR count). The maximum absolute atomic E-state index is 12.1. The van der Waals surface area contributed by atoms with Crippen LogP contribution in [0.25, 0.3) is 0 Å². The molecule has 0 spiro atoms. The molecule has 0 radical (unpaired) electrons. The Morgan fingerprint density at radius 1 is 1.22 bits per heavy atom. The second kappa shape index (κ2) is 10.7. The molecule has 13 heteroatoms. The summed E-state index contributed by atoms with van der Waals surface area (Å²) in [6.45, 7) is 0.427. The highest BCUT2D eigenvalue weighted by Gasteiger charge is 2.16. The summed E-state index contributed by atoms with van der Waals surface area (Å²) in [7, 11) is 1.59. The number of rotatable bonds is 11. The van der Waals surface area contributed by atoms with Gasteiger partial charge in [0.1, 0.15) is 24.7 Å². The zero-order valence-corrected chi connectivity index (χ0v) is 17.2. The average molecular weight is 443 g/mol. The van der Waals surface area contributed by atoms with Crippen LogP contribution in [-0.2, 0) is 17.8 Å². The molecule has 2 heterocycles. The third kappa shape index (κ3) is 6.35. The van der Waals surface area contributed by atoms with Gasteiger partial charge in [0.05, 0.1) is 12.0 Å². The number of hydrogen-bond acceptors (Lipinski definition) is 9. The number of amides is 2. The third-order valence-electron chi connectivity index (χ3n) is 4.33. The molecule has 0 fully saturated rings. The number of hydrogen-bond donors (Lipinski definition) is 2. The van der Waals surface area contributed by atoms with Crippen LogP contribution in [0.1, 0.15) is 28.5 Å². The van der Waals surface area contributed by atoms with Crippen molar-refractivity contribution < 1.29 is 23.8 Å². The Kier molecular flexibility index (Phi) is 7.46. The van der Waals surface area contributed by atoms with Gasteiger partial charge in [-0.1, -0.05) is 17.3 Å². The molecule has 2 aromatic heterocycles. The molecule has 0 aliphatic rings. The van der Waals surface area contributed by atoms with Crippen molar-refractivity contribution in [3.63, 3.8) is 0 Å². The molecule has 0 saturated heterocycles. The number of methoxy groups -OCH3 is 1. The van der Waals surface area contributed by atoms with E-state index in [1.54, 1.807) is 7.11 Å². The first-order chi connectivity index (χ1) is 15.4. The third-order valence-corrected chi connectivity index (χ3v) is 4.33. The van der Waals surface area contributed by atoms with E-state index < -0.39 is 10.8 Å². The van der Waals surface area contributed by atoms with E-state index in [1.165, 1.54) is 10.9 Å². The average Bonchev–Trinajstić information content (AvgIpc) is 3.46. The maximum Gasteiger partial charge on any atom is 0.316 e. The Labute approximate surface area is 181 Å². The van der Waals surface area contributed by atoms with E-state index in [2.05, 4.69) is 25.9 Å². The molecule has 13 nitrogen and oxygen atoms in total. The van der Waals surface area contributed by atoms with Crippen molar-refractivity contribution in [3.05, 3.63) is 64.1 Å². The predicted molar refractivity (Wildman–Crippen MR) is 109 cm³/mol. The zero-order chi connectivity index (χ0) is 22.9. The van der Waals surface area contributed by atoms with Gasteiger partial charge in [-0.15, -0.1) is 0 Å². The number of benzene rings is 1. The lowest BCUT2D eigenvalue weighted by molar-refractivity contribution is -0.385. The molecule has 0 aliphatic carbocycles. The lowest BCUT2D eigenvalue weighted by Crippen LogP contribution is -2.34. The molecule has 2 amide bonds. The van der Waals surface area contributed by atoms with E-state index in [0.29, 0.717) is 12.8 Å². The Bertz CT molecular complexity index is 1080. The summed E-state index contributed by atoms with van der Waals surface area (Å²) >= 11 is 0. The first-order valence-electron chi connectivity index (χ1n) is 9.62. The standard InChI is InChI=1S/C19H21N7O6/c1-31-15-5-2-13(3-6-15)4-7-17(27)20-8-9-21-18(28)19-23-16(24-32-19)12-25-11-14(10-22-25)26(29)30/h2-3,5-6,10-11H,4,7-9,12H2,1H3,(H,20,27)(H,21,28). The van der Waals surface area contributed by atoms with Crippen LogP contribution in [0.15, 0.2) is 41.2 Å². The Morgan fingerprint density at radius 2 is 1.97 bits per heavy atom. The van der Waals surface area contributed by atoms with Crippen molar-refractivity contribution >= 4 is 17.5 Å². The van der Waals surface area contributed by atoms with E-state index in [-0.39, 0.29) is 42.9 Å². The number of carbonyl (C=O) groups excluding carboxylic acids is 2. The maximum atomic E-state index is 12.1. The van der Waals surface area contributed by atoms with Gasteiger partial charge in [0.15, 0.2) is 5.82 Å². The van der Waals surface area contributed by atoms with E-state index in [1.807, 2.05) is 24.3 Å². The summed E-state index contributed by atoms with van der Waals surface area (Å²) in [4.78, 5) is 38.0. The normalized spacial score (nSPS) is 10.5. The molecule has 0 unspecified atom stereocenters. The first kappa shape index (κ1) is 22.4. The lowest BCUT2D eigenvalue weighted by Gasteiger charge is -2.06. The van der Waals surface area contributed by atoms with Crippen LogP contribution in [-0.4, -0.2) is 56.9 Å². The van der Waals surface area contributed by atoms with E-state index in [0.717, 1.165) is 17.5 Å². The molecule has 0 saturated carbocycles. The fourth-order valence-electron chi connectivity index (χ4n) is 2.68. The summed E-state index contributed by atoms with van der Waals surface area (Å²) in [5.74, 6) is -0.0914. The quantitative estimate of drug-likeness (QED) is 0.246. The van der Waals surface area contributed by atoms with Crippen molar-refractivity contribution in [3.8, 4) is 5.75 Å². The highest BCUT2D eigenvalue weighted by Crippen LogP contribution is 2.12. The van der Waals surface area contributed by atoms with Gasteiger partial charge in [0.2, 0.25) is 5.91 Å². The van der Waals surface area contributed by atoms with Gasteiger partial charge in [0, 0.05) is 19.5 Å². The van der Waals surface area contributed by atoms with Gasteiger partial charge in [-0.3, -0.25) is 24.4 Å². The summed E-state index contributed by atoms with van der Waals surface area (Å²) in [6.07, 6.45) is 3.22. The largest absolute Gasteiger partial charge is 0.497 e. The highest BCUT2D eigenvalue weighted by atomic mass is 16.6. The number of aryl methyl sites for hydroxylation is 1. The van der Waals surface area contributed by atoms with Gasteiger partial charge in [-0.25, -0.2) is 0 Å². The van der Waals surface area contributed by atoms with E-state index in [4.69, 9.17) is 9.26 Å². The van der Waals surface area contributed by atoms with Crippen molar-refractivity contribution in [1.29, 1.82) is 0 Å². The van der Waals surface area contributed by atoms with Crippen molar-refractivity contribution in [2.45, 2.75) is 19.4 Å². The van der Waals surface area contributed by atoms with Crippen LogP contribution < -0.4 is 15.4 Å². The summed E-state index contributed by atoms with van der Waals surface area (Å²) in [5.41, 5.74) is 0.851. The van der Waals surface area contributed by atoms with Crippen molar-refractivity contribution in [2.75, 3.05) is 20.2 Å². The molecule has 0 aliphatic heterocycles.